The number of benzene rings is 1. The highest BCUT2D eigenvalue weighted by molar-refractivity contribution is 8.14. The van der Waals surface area contributed by atoms with Crippen molar-refractivity contribution >= 4 is 29.3 Å². The van der Waals surface area contributed by atoms with Crippen LogP contribution in [-0.4, -0.2) is 5.17 Å². The molecule has 1 aliphatic rings. The van der Waals surface area contributed by atoms with Crippen LogP contribution in [0.15, 0.2) is 35.0 Å². The Hall–Kier alpha value is -1.35. The smallest absolute Gasteiger partial charge is 0.378 e. The van der Waals surface area contributed by atoms with Crippen molar-refractivity contribution in [1.82, 2.24) is 0 Å². The number of nitrogens with two attached hydrogens (primary N) is 1. The highest BCUT2D eigenvalue weighted by Gasteiger charge is 2.39. The van der Waals surface area contributed by atoms with Crippen LogP contribution in [0.5, 0.6) is 0 Å². The maximum atomic E-state index is 13.3. The monoisotopic (exact) mass is 418 g/mol. The summed E-state index contributed by atoms with van der Waals surface area (Å²) in [5, 5.41) is -0.992. The van der Waals surface area contributed by atoms with Crippen LogP contribution >= 0.6 is 24.2 Å². The summed E-state index contributed by atoms with van der Waals surface area (Å²) >= 11 is 0.793. The number of aliphatic imine (C=N–C) groups is 1. The van der Waals surface area contributed by atoms with Crippen molar-refractivity contribution in [3.63, 3.8) is 0 Å². The van der Waals surface area contributed by atoms with E-state index in [0.29, 0.717) is 23.9 Å². The van der Waals surface area contributed by atoms with E-state index in [0.717, 1.165) is 11.8 Å². The van der Waals surface area contributed by atoms with Gasteiger partial charge < -0.3 is 5.73 Å². The van der Waals surface area contributed by atoms with Crippen molar-refractivity contribution in [3.8, 4) is 0 Å². The molecular weight excluding hydrogens is 402 g/mol. The molecule has 1 aromatic rings. The molecule has 0 fully saturated rings. The number of thioether (sulfide) groups is 1. The standard InChI is InChI=1S/C16H16F6N2S.ClH/c1-14(2,3)12-7-11(25-13(23)24-12)9-6-8(15(17,18)19)4-5-10(9)16(20,21)22;/h4-7,11H,1-3H3,(H2,23,24);1H. The minimum absolute atomic E-state index is 0. The Bertz CT molecular complexity index is 732. The van der Waals surface area contributed by atoms with Gasteiger partial charge in [0.05, 0.1) is 16.4 Å². The molecule has 1 aliphatic heterocycles. The molecule has 0 bridgehead atoms. The lowest BCUT2D eigenvalue weighted by Gasteiger charge is -2.28. The highest BCUT2D eigenvalue weighted by atomic mass is 35.5. The molecule has 0 aliphatic carbocycles. The number of hydrogen-bond acceptors (Lipinski definition) is 3. The summed E-state index contributed by atoms with van der Waals surface area (Å²) in [5.74, 6) is 0. The zero-order chi connectivity index (χ0) is 19.2. The fourth-order valence-corrected chi connectivity index (χ4v) is 3.22. The molecule has 1 unspecified atom stereocenters. The molecule has 1 heterocycles. The molecule has 2 nitrogen and oxygen atoms in total. The largest absolute Gasteiger partial charge is 0.416 e. The van der Waals surface area contributed by atoms with Gasteiger partial charge in [0.2, 0.25) is 0 Å². The van der Waals surface area contributed by atoms with Crippen LogP contribution in [-0.2, 0) is 12.4 Å². The number of allylic oxidation sites excluding steroid dienone is 1. The Kier molecular flexibility index (Phi) is 6.41. The summed E-state index contributed by atoms with van der Waals surface area (Å²) in [6.45, 7) is 5.37. The number of hydrogen-bond donors (Lipinski definition) is 1. The van der Waals surface area contributed by atoms with E-state index in [1.165, 1.54) is 6.08 Å². The van der Waals surface area contributed by atoms with Crippen molar-refractivity contribution in [2.45, 2.75) is 38.4 Å². The van der Waals surface area contributed by atoms with Gasteiger partial charge in [-0.05, 0) is 29.8 Å². The predicted molar refractivity (Wildman–Crippen MR) is 93.2 cm³/mol. The fourth-order valence-electron chi connectivity index (χ4n) is 2.29. The molecule has 0 saturated carbocycles. The normalized spacial score (nSPS) is 18.7. The lowest BCUT2D eigenvalue weighted by Crippen LogP contribution is -2.21. The van der Waals surface area contributed by atoms with Crippen molar-refractivity contribution in [1.29, 1.82) is 0 Å². The van der Waals surface area contributed by atoms with Gasteiger partial charge in [-0.3, -0.25) is 0 Å². The van der Waals surface area contributed by atoms with Crippen LogP contribution in [0, 0.1) is 5.41 Å². The lowest BCUT2D eigenvalue weighted by atomic mass is 9.90. The first-order chi connectivity index (χ1) is 11.2. The van der Waals surface area contributed by atoms with Gasteiger partial charge in [-0.25, -0.2) is 4.99 Å². The number of halogens is 7. The quantitative estimate of drug-likeness (QED) is 0.553. The van der Waals surface area contributed by atoms with Crippen molar-refractivity contribution in [2.24, 2.45) is 16.1 Å². The van der Waals surface area contributed by atoms with E-state index < -0.39 is 39.7 Å². The topological polar surface area (TPSA) is 38.4 Å². The van der Waals surface area contributed by atoms with Crippen molar-refractivity contribution in [2.75, 3.05) is 0 Å². The summed E-state index contributed by atoms with van der Waals surface area (Å²) in [7, 11) is 0. The van der Waals surface area contributed by atoms with E-state index in [4.69, 9.17) is 5.73 Å². The van der Waals surface area contributed by atoms with Crippen molar-refractivity contribution < 1.29 is 26.3 Å². The highest BCUT2D eigenvalue weighted by Crippen LogP contribution is 2.46. The van der Waals surface area contributed by atoms with E-state index in [1.54, 1.807) is 20.8 Å². The number of alkyl halides is 6. The SMILES string of the molecule is CC(C)(C)C1=CC(c2cc(C(F)(F)F)ccc2C(F)(F)F)SC(N)=N1.Cl. The van der Waals surface area contributed by atoms with Gasteiger partial charge >= 0.3 is 12.4 Å². The first-order valence-corrected chi connectivity index (χ1v) is 8.09. The van der Waals surface area contributed by atoms with Gasteiger partial charge in [0.25, 0.3) is 0 Å². The van der Waals surface area contributed by atoms with Gasteiger partial charge in [-0.15, -0.1) is 12.4 Å². The van der Waals surface area contributed by atoms with Crippen LogP contribution < -0.4 is 5.73 Å². The molecule has 146 valence electrons. The maximum absolute atomic E-state index is 13.3. The van der Waals surface area contributed by atoms with Gasteiger partial charge in [0.1, 0.15) is 0 Å². The Balaban J connectivity index is 0.00000338. The molecule has 1 aromatic carbocycles. The molecule has 2 rings (SSSR count). The molecule has 0 aromatic heterocycles. The molecule has 0 amide bonds. The average Bonchev–Trinajstić information content (AvgIpc) is 2.43. The summed E-state index contributed by atoms with van der Waals surface area (Å²) in [5.41, 5.74) is 2.89. The number of nitrogens with zero attached hydrogens (tertiary/aromatic N) is 1. The molecular formula is C16H17ClF6N2S. The third kappa shape index (κ3) is 5.09. The van der Waals surface area contributed by atoms with Crippen LogP contribution in [0.1, 0.15) is 42.7 Å². The first kappa shape index (κ1) is 22.7. The molecule has 0 saturated heterocycles. The lowest BCUT2D eigenvalue weighted by molar-refractivity contribution is -0.141. The predicted octanol–water partition coefficient (Wildman–Crippen LogP) is 6.18. The fraction of sp³-hybridized carbons (Fsp3) is 0.438. The molecule has 1 atom stereocenters. The molecule has 26 heavy (non-hydrogen) atoms. The summed E-state index contributed by atoms with van der Waals surface area (Å²) < 4.78 is 78.7. The Morgan fingerprint density at radius 3 is 2.04 bits per heavy atom. The second kappa shape index (κ2) is 7.34. The van der Waals surface area contributed by atoms with E-state index in [-0.39, 0.29) is 17.6 Å². The third-order valence-corrected chi connectivity index (χ3v) is 4.52. The second-order valence-corrected chi connectivity index (χ2v) is 7.75. The van der Waals surface area contributed by atoms with Crippen LogP contribution in [0.4, 0.5) is 26.3 Å². The summed E-state index contributed by atoms with van der Waals surface area (Å²) in [6, 6.07) is 1.44. The molecule has 0 spiro atoms. The van der Waals surface area contributed by atoms with Crippen LogP contribution in [0.3, 0.4) is 0 Å². The second-order valence-electron chi connectivity index (χ2n) is 6.59. The summed E-state index contributed by atoms with van der Waals surface area (Å²) in [4.78, 5) is 4.11. The van der Waals surface area contributed by atoms with Gasteiger partial charge in [0, 0.05) is 11.1 Å². The van der Waals surface area contributed by atoms with Gasteiger partial charge in [0.15, 0.2) is 5.17 Å². The van der Waals surface area contributed by atoms with Gasteiger partial charge in [-0.1, -0.05) is 32.5 Å². The Morgan fingerprint density at radius 1 is 1.00 bits per heavy atom. The van der Waals surface area contributed by atoms with Crippen molar-refractivity contribution in [3.05, 3.63) is 46.7 Å². The zero-order valence-corrected chi connectivity index (χ0v) is 15.6. The number of rotatable bonds is 1. The van der Waals surface area contributed by atoms with E-state index >= 15 is 0 Å². The van der Waals surface area contributed by atoms with Crippen LogP contribution in [0.25, 0.3) is 0 Å². The van der Waals surface area contributed by atoms with E-state index in [2.05, 4.69) is 4.99 Å². The minimum Gasteiger partial charge on any atom is -0.378 e. The van der Waals surface area contributed by atoms with Gasteiger partial charge in [-0.2, -0.15) is 26.3 Å². The van der Waals surface area contributed by atoms with E-state index in [9.17, 15) is 26.3 Å². The van der Waals surface area contributed by atoms with E-state index in [1.807, 2.05) is 0 Å². The molecule has 2 N–H and O–H groups in total. The maximum Gasteiger partial charge on any atom is 0.416 e. The first-order valence-electron chi connectivity index (χ1n) is 7.21. The molecule has 0 radical (unpaired) electrons. The number of amidine groups is 1. The zero-order valence-electron chi connectivity index (χ0n) is 14.0. The Morgan fingerprint density at radius 2 is 1.58 bits per heavy atom. The summed E-state index contributed by atoms with van der Waals surface area (Å²) in [6.07, 6.45) is -8.08. The Labute approximate surface area is 157 Å². The average molecular weight is 419 g/mol. The van der Waals surface area contributed by atoms with Crippen LogP contribution in [0.2, 0.25) is 0 Å². The third-order valence-electron chi connectivity index (χ3n) is 3.55. The minimum atomic E-state index is -4.78. The molecule has 10 heteroatoms.